The maximum atomic E-state index is 12.6. The average Bonchev–Trinajstić information content (AvgIpc) is 2.85. The van der Waals surface area contributed by atoms with Crippen LogP contribution in [0.3, 0.4) is 0 Å². The van der Waals surface area contributed by atoms with E-state index in [-0.39, 0.29) is 11.6 Å². The summed E-state index contributed by atoms with van der Waals surface area (Å²) in [6, 6.07) is 5.35. The normalized spacial score (nSPS) is 22.6. The third-order valence-electron chi connectivity index (χ3n) is 3.56. The minimum atomic E-state index is -4.42. The molecule has 1 aliphatic carbocycles. The molecule has 108 valence electrons. The van der Waals surface area contributed by atoms with Crippen molar-refractivity contribution in [2.24, 2.45) is 0 Å². The number of benzene rings is 1. The highest BCUT2D eigenvalue weighted by molar-refractivity contribution is 7.99. The molecule has 20 heavy (non-hydrogen) atoms. The van der Waals surface area contributed by atoms with Crippen molar-refractivity contribution in [1.82, 2.24) is 0 Å². The van der Waals surface area contributed by atoms with Gasteiger partial charge in [0.05, 0.1) is 16.8 Å². The van der Waals surface area contributed by atoms with Gasteiger partial charge in [-0.05, 0) is 37.3 Å². The summed E-state index contributed by atoms with van der Waals surface area (Å²) < 4.78 is 37.9. The first-order chi connectivity index (χ1) is 9.45. The van der Waals surface area contributed by atoms with Gasteiger partial charge in [-0.15, -0.1) is 0 Å². The zero-order valence-electron chi connectivity index (χ0n) is 11.0. The van der Waals surface area contributed by atoms with E-state index in [0.29, 0.717) is 10.9 Å². The molecular formula is C14H15F3N2S. The molecule has 1 aliphatic rings. The molecule has 0 aliphatic heterocycles. The third-order valence-corrected chi connectivity index (χ3v) is 4.73. The molecule has 6 heteroatoms. The van der Waals surface area contributed by atoms with Gasteiger partial charge in [-0.2, -0.15) is 30.2 Å². The molecule has 1 N–H and O–H groups in total. The molecule has 0 amide bonds. The van der Waals surface area contributed by atoms with E-state index in [1.807, 2.05) is 12.3 Å². The SMILES string of the molecule is CSC1CCCC1Nc1ccc(C(F)(F)F)cc1C#N. The van der Waals surface area contributed by atoms with Crippen molar-refractivity contribution in [1.29, 1.82) is 5.26 Å². The number of nitrogens with one attached hydrogen (secondary N) is 1. The standard InChI is InChI=1S/C14H15F3N2S/c1-20-13-4-2-3-12(13)19-11-6-5-10(14(15,16)17)7-9(11)8-18/h5-7,12-13,19H,2-4H2,1H3. The van der Waals surface area contributed by atoms with Gasteiger partial charge in [0, 0.05) is 11.3 Å². The van der Waals surface area contributed by atoms with E-state index in [0.717, 1.165) is 31.4 Å². The molecule has 1 aromatic rings. The summed E-state index contributed by atoms with van der Waals surface area (Å²) in [4.78, 5) is 0. The first-order valence-corrected chi connectivity index (χ1v) is 7.65. The van der Waals surface area contributed by atoms with E-state index < -0.39 is 11.7 Å². The third kappa shape index (κ3) is 3.21. The second-order valence-corrected chi connectivity index (χ2v) is 5.90. The molecule has 2 nitrogen and oxygen atoms in total. The van der Waals surface area contributed by atoms with Gasteiger partial charge in [0.2, 0.25) is 0 Å². The minimum Gasteiger partial charge on any atom is -0.380 e. The number of nitriles is 1. The Morgan fingerprint density at radius 3 is 2.70 bits per heavy atom. The Balaban J connectivity index is 2.22. The molecule has 1 aromatic carbocycles. The lowest BCUT2D eigenvalue weighted by Gasteiger charge is -2.21. The van der Waals surface area contributed by atoms with Crippen LogP contribution in [0.4, 0.5) is 18.9 Å². The zero-order valence-corrected chi connectivity index (χ0v) is 11.8. The fraction of sp³-hybridized carbons (Fsp3) is 0.500. The molecule has 0 bridgehead atoms. The van der Waals surface area contributed by atoms with Gasteiger partial charge in [-0.1, -0.05) is 6.42 Å². The Labute approximate surface area is 120 Å². The smallest absolute Gasteiger partial charge is 0.380 e. The Morgan fingerprint density at radius 2 is 2.10 bits per heavy atom. The Hall–Kier alpha value is -1.35. The lowest BCUT2D eigenvalue weighted by molar-refractivity contribution is -0.137. The van der Waals surface area contributed by atoms with Crippen molar-refractivity contribution >= 4 is 17.4 Å². The van der Waals surface area contributed by atoms with Crippen molar-refractivity contribution < 1.29 is 13.2 Å². The van der Waals surface area contributed by atoms with Gasteiger partial charge in [-0.25, -0.2) is 0 Å². The molecule has 1 saturated carbocycles. The predicted molar refractivity (Wildman–Crippen MR) is 74.7 cm³/mol. The summed E-state index contributed by atoms with van der Waals surface area (Å²) in [7, 11) is 0. The number of anilines is 1. The molecule has 2 rings (SSSR count). The monoisotopic (exact) mass is 300 g/mol. The second kappa shape index (κ2) is 5.96. The van der Waals surface area contributed by atoms with Gasteiger partial charge >= 0.3 is 6.18 Å². The van der Waals surface area contributed by atoms with Crippen molar-refractivity contribution in [3.05, 3.63) is 29.3 Å². The number of halogens is 3. The van der Waals surface area contributed by atoms with E-state index in [4.69, 9.17) is 5.26 Å². The van der Waals surface area contributed by atoms with E-state index in [2.05, 4.69) is 5.32 Å². The van der Waals surface area contributed by atoms with Crippen LogP contribution < -0.4 is 5.32 Å². The molecule has 2 atom stereocenters. The molecule has 0 heterocycles. The molecule has 2 unspecified atom stereocenters. The number of rotatable bonds is 3. The summed E-state index contributed by atoms with van der Waals surface area (Å²) >= 11 is 1.76. The molecule has 0 radical (unpaired) electrons. The summed E-state index contributed by atoms with van der Waals surface area (Å²) in [6.45, 7) is 0. The largest absolute Gasteiger partial charge is 0.416 e. The number of thioether (sulfide) groups is 1. The topological polar surface area (TPSA) is 35.8 Å². The first kappa shape index (κ1) is 15.0. The van der Waals surface area contributed by atoms with E-state index in [1.165, 1.54) is 6.07 Å². The number of hydrogen-bond donors (Lipinski definition) is 1. The van der Waals surface area contributed by atoms with E-state index in [9.17, 15) is 13.2 Å². The van der Waals surface area contributed by atoms with Crippen molar-refractivity contribution in [2.75, 3.05) is 11.6 Å². The average molecular weight is 300 g/mol. The van der Waals surface area contributed by atoms with Gasteiger partial charge in [-0.3, -0.25) is 0 Å². The van der Waals surface area contributed by atoms with Crippen LogP contribution in [0.5, 0.6) is 0 Å². The number of nitrogens with zero attached hydrogens (tertiary/aromatic N) is 1. The Morgan fingerprint density at radius 1 is 1.35 bits per heavy atom. The summed E-state index contributed by atoms with van der Waals surface area (Å²) in [6.07, 6.45) is 0.798. The van der Waals surface area contributed by atoms with E-state index in [1.54, 1.807) is 11.8 Å². The van der Waals surface area contributed by atoms with Gasteiger partial charge in [0.25, 0.3) is 0 Å². The fourth-order valence-electron chi connectivity index (χ4n) is 2.51. The second-order valence-electron chi connectivity index (χ2n) is 4.83. The van der Waals surface area contributed by atoms with Crippen molar-refractivity contribution in [3.63, 3.8) is 0 Å². The van der Waals surface area contributed by atoms with E-state index >= 15 is 0 Å². The molecular weight excluding hydrogens is 285 g/mol. The maximum absolute atomic E-state index is 12.6. The quantitative estimate of drug-likeness (QED) is 0.905. The van der Waals surface area contributed by atoms with Crippen molar-refractivity contribution in [3.8, 4) is 6.07 Å². The molecule has 1 fully saturated rings. The highest BCUT2D eigenvalue weighted by atomic mass is 32.2. The zero-order chi connectivity index (χ0) is 14.8. The van der Waals surface area contributed by atoms with Crippen LogP contribution in [0.1, 0.15) is 30.4 Å². The lowest BCUT2D eigenvalue weighted by Crippen LogP contribution is -2.26. The van der Waals surface area contributed by atoms with Crippen LogP contribution in [0.2, 0.25) is 0 Å². The van der Waals surface area contributed by atoms with Gasteiger partial charge < -0.3 is 5.32 Å². The van der Waals surface area contributed by atoms with Crippen LogP contribution in [-0.4, -0.2) is 17.5 Å². The molecule has 0 spiro atoms. The first-order valence-electron chi connectivity index (χ1n) is 6.36. The van der Waals surface area contributed by atoms with Crippen LogP contribution in [0.25, 0.3) is 0 Å². The number of hydrogen-bond acceptors (Lipinski definition) is 3. The van der Waals surface area contributed by atoms with Crippen molar-refractivity contribution in [2.45, 2.75) is 36.7 Å². The summed E-state index contributed by atoms with van der Waals surface area (Å²) in [5.74, 6) is 0. The fourth-order valence-corrected chi connectivity index (χ4v) is 3.45. The summed E-state index contributed by atoms with van der Waals surface area (Å²) in [5.41, 5.74) is -0.245. The van der Waals surface area contributed by atoms with Crippen LogP contribution in [-0.2, 0) is 6.18 Å². The highest BCUT2D eigenvalue weighted by Gasteiger charge is 2.32. The van der Waals surface area contributed by atoms with Gasteiger partial charge in [0.15, 0.2) is 0 Å². The summed E-state index contributed by atoms with van der Waals surface area (Å²) in [5, 5.41) is 12.7. The maximum Gasteiger partial charge on any atom is 0.416 e. The molecule has 0 aromatic heterocycles. The predicted octanol–water partition coefficient (Wildman–Crippen LogP) is 4.27. The highest BCUT2D eigenvalue weighted by Crippen LogP contribution is 2.34. The lowest BCUT2D eigenvalue weighted by atomic mass is 10.1. The number of alkyl halides is 3. The Kier molecular flexibility index (Phi) is 4.48. The van der Waals surface area contributed by atoms with Gasteiger partial charge in [0.1, 0.15) is 6.07 Å². The minimum absolute atomic E-state index is 0.0478. The van der Waals surface area contributed by atoms with Crippen LogP contribution in [0.15, 0.2) is 18.2 Å². The molecule has 0 saturated heterocycles. The van der Waals surface area contributed by atoms with Crippen LogP contribution >= 0.6 is 11.8 Å². The van der Waals surface area contributed by atoms with Crippen LogP contribution in [0, 0.1) is 11.3 Å². The Bertz CT molecular complexity index is 522.